The minimum absolute atomic E-state index is 0.135. The molecular formula is C17H20ClNO. The van der Waals surface area contributed by atoms with Crippen LogP contribution in [0.25, 0.3) is 0 Å². The first-order chi connectivity index (χ1) is 9.54. The van der Waals surface area contributed by atoms with Crippen LogP contribution < -0.4 is 10.5 Å². The quantitative estimate of drug-likeness (QED) is 0.915. The van der Waals surface area contributed by atoms with Gasteiger partial charge >= 0.3 is 0 Å². The summed E-state index contributed by atoms with van der Waals surface area (Å²) in [5.74, 6) is 0.879. The molecule has 2 rings (SSSR count). The molecule has 0 saturated carbocycles. The second-order valence-electron chi connectivity index (χ2n) is 5.03. The third kappa shape index (κ3) is 2.97. The fourth-order valence-corrected chi connectivity index (χ4v) is 2.60. The van der Waals surface area contributed by atoms with E-state index in [-0.39, 0.29) is 6.04 Å². The van der Waals surface area contributed by atoms with E-state index in [0.717, 1.165) is 27.5 Å². The van der Waals surface area contributed by atoms with E-state index in [1.54, 1.807) is 7.11 Å². The molecule has 0 aliphatic carbocycles. The van der Waals surface area contributed by atoms with Gasteiger partial charge in [-0.05, 0) is 43.0 Å². The molecule has 106 valence electrons. The van der Waals surface area contributed by atoms with Crippen molar-refractivity contribution in [2.75, 3.05) is 7.11 Å². The molecule has 0 fully saturated rings. The average molecular weight is 290 g/mol. The second kappa shape index (κ2) is 6.29. The maximum absolute atomic E-state index is 6.35. The third-order valence-corrected chi connectivity index (χ3v) is 4.08. The van der Waals surface area contributed by atoms with Gasteiger partial charge in [-0.15, -0.1) is 0 Å². The summed E-state index contributed by atoms with van der Waals surface area (Å²) >= 11 is 6.20. The van der Waals surface area contributed by atoms with Gasteiger partial charge in [0.1, 0.15) is 5.75 Å². The second-order valence-corrected chi connectivity index (χ2v) is 5.44. The van der Waals surface area contributed by atoms with Crippen LogP contribution in [0.5, 0.6) is 5.75 Å². The van der Waals surface area contributed by atoms with Crippen molar-refractivity contribution in [3.05, 3.63) is 63.7 Å². The molecule has 0 saturated heterocycles. The SMILES string of the molecule is COc1c(C(N)Cc2ccccc2Cl)ccc(C)c1C. The van der Waals surface area contributed by atoms with Gasteiger partial charge in [-0.3, -0.25) is 0 Å². The Balaban J connectivity index is 2.32. The molecule has 0 aliphatic heterocycles. The zero-order valence-corrected chi connectivity index (χ0v) is 12.9. The highest BCUT2D eigenvalue weighted by molar-refractivity contribution is 6.31. The van der Waals surface area contributed by atoms with Crippen molar-refractivity contribution in [1.29, 1.82) is 0 Å². The lowest BCUT2D eigenvalue weighted by Gasteiger charge is -2.19. The molecule has 3 heteroatoms. The molecule has 2 aromatic carbocycles. The molecule has 0 bridgehead atoms. The summed E-state index contributed by atoms with van der Waals surface area (Å²) in [6.45, 7) is 4.13. The van der Waals surface area contributed by atoms with Crippen molar-refractivity contribution < 1.29 is 4.74 Å². The lowest BCUT2D eigenvalue weighted by Crippen LogP contribution is -2.15. The van der Waals surface area contributed by atoms with Gasteiger partial charge in [0.15, 0.2) is 0 Å². The Hall–Kier alpha value is -1.51. The molecule has 1 atom stereocenters. The summed E-state index contributed by atoms with van der Waals surface area (Å²) < 4.78 is 5.53. The summed E-state index contributed by atoms with van der Waals surface area (Å²) in [5.41, 5.74) is 10.8. The van der Waals surface area contributed by atoms with Crippen LogP contribution in [0.2, 0.25) is 5.02 Å². The zero-order chi connectivity index (χ0) is 14.7. The van der Waals surface area contributed by atoms with Crippen molar-refractivity contribution in [2.24, 2.45) is 5.73 Å². The van der Waals surface area contributed by atoms with Crippen molar-refractivity contribution in [2.45, 2.75) is 26.3 Å². The van der Waals surface area contributed by atoms with E-state index in [0.29, 0.717) is 6.42 Å². The molecule has 1 unspecified atom stereocenters. The highest BCUT2D eigenvalue weighted by Gasteiger charge is 2.16. The predicted molar refractivity (Wildman–Crippen MR) is 84.6 cm³/mol. The Morgan fingerprint density at radius 1 is 1.15 bits per heavy atom. The number of ether oxygens (including phenoxy) is 1. The van der Waals surface area contributed by atoms with Crippen molar-refractivity contribution in [3.8, 4) is 5.75 Å². The van der Waals surface area contributed by atoms with Gasteiger partial charge in [-0.2, -0.15) is 0 Å². The molecule has 2 N–H and O–H groups in total. The van der Waals surface area contributed by atoms with Crippen LogP contribution in [0.15, 0.2) is 36.4 Å². The minimum Gasteiger partial charge on any atom is -0.496 e. The highest BCUT2D eigenvalue weighted by atomic mass is 35.5. The van der Waals surface area contributed by atoms with E-state index < -0.39 is 0 Å². The lowest BCUT2D eigenvalue weighted by atomic mass is 9.95. The number of rotatable bonds is 4. The first-order valence-corrected chi connectivity index (χ1v) is 7.05. The van der Waals surface area contributed by atoms with Gasteiger partial charge in [0.05, 0.1) is 7.11 Å². The van der Waals surface area contributed by atoms with E-state index in [4.69, 9.17) is 22.1 Å². The number of hydrogen-bond acceptors (Lipinski definition) is 2. The average Bonchev–Trinajstić information content (AvgIpc) is 2.44. The van der Waals surface area contributed by atoms with Crippen LogP contribution in [0.4, 0.5) is 0 Å². The predicted octanol–water partition coefficient (Wildman–Crippen LogP) is 4.21. The third-order valence-electron chi connectivity index (χ3n) is 3.71. The first kappa shape index (κ1) is 14.9. The Morgan fingerprint density at radius 3 is 2.50 bits per heavy atom. The Bertz CT molecular complexity index is 610. The van der Waals surface area contributed by atoms with Crippen molar-refractivity contribution in [3.63, 3.8) is 0 Å². The van der Waals surface area contributed by atoms with Crippen LogP contribution in [0.1, 0.15) is 28.3 Å². The van der Waals surface area contributed by atoms with E-state index in [1.165, 1.54) is 5.56 Å². The van der Waals surface area contributed by atoms with E-state index in [2.05, 4.69) is 19.9 Å². The number of halogens is 1. The van der Waals surface area contributed by atoms with Gasteiger partial charge in [-0.1, -0.05) is 41.9 Å². The molecule has 0 aliphatic rings. The molecule has 2 nitrogen and oxygen atoms in total. The summed E-state index contributed by atoms with van der Waals surface area (Å²) in [5, 5.41) is 0.755. The number of aryl methyl sites for hydroxylation is 1. The Labute approximate surface area is 125 Å². The molecule has 20 heavy (non-hydrogen) atoms. The number of benzene rings is 2. The molecule has 2 aromatic rings. The zero-order valence-electron chi connectivity index (χ0n) is 12.1. The maximum atomic E-state index is 6.35. The minimum atomic E-state index is -0.135. The Morgan fingerprint density at radius 2 is 1.85 bits per heavy atom. The van der Waals surface area contributed by atoms with E-state index in [1.807, 2.05) is 30.3 Å². The summed E-state index contributed by atoms with van der Waals surface area (Å²) in [7, 11) is 1.69. The molecule has 0 spiro atoms. The fraction of sp³-hybridized carbons (Fsp3) is 0.294. The smallest absolute Gasteiger partial charge is 0.126 e. The number of methoxy groups -OCH3 is 1. The fourth-order valence-electron chi connectivity index (χ4n) is 2.38. The normalized spacial score (nSPS) is 12.2. The molecule has 0 radical (unpaired) electrons. The molecular weight excluding hydrogens is 270 g/mol. The largest absolute Gasteiger partial charge is 0.496 e. The van der Waals surface area contributed by atoms with Gasteiger partial charge in [-0.25, -0.2) is 0 Å². The van der Waals surface area contributed by atoms with Gasteiger partial charge in [0, 0.05) is 16.6 Å². The van der Waals surface area contributed by atoms with Gasteiger partial charge in [0.2, 0.25) is 0 Å². The lowest BCUT2D eigenvalue weighted by molar-refractivity contribution is 0.402. The summed E-state index contributed by atoms with van der Waals surface area (Å²) in [6, 6.07) is 11.8. The number of nitrogens with two attached hydrogens (primary N) is 1. The molecule has 0 aromatic heterocycles. The monoisotopic (exact) mass is 289 g/mol. The van der Waals surface area contributed by atoms with Crippen LogP contribution in [-0.4, -0.2) is 7.11 Å². The first-order valence-electron chi connectivity index (χ1n) is 6.67. The van der Waals surface area contributed by atoms with Crippen LogP contribution in [-0.2, 0) is 6.42 Å². The van der Waals surface area contributed by atoms with Crippen molar-refractivity contribution in [1.82, 2.24) is 0 Å². The summed E-state index contributed by atoms with van der Waals surface area (Å²) in [6.07, 6.45) is 0.693. The topological polar surface area (TPSA) is 35.2 Å². The van der Waals surface area contributed by atoms with Crippen LogP contribution in [0, 0.1) is 13.8 Å². The van der Waals surface area contributed by atoms with Crippen LogP contribution in [0.3, 0.4) is 0 Å². The van der Waals surface area contributed by atoms with E-state index >= 15 is 0 Å². The highest BCUT2D eigenvalue weighted by Crippen LogP contribution is 2.32. The van der Waals surface area contributed by atoms with Gasteiger partial charge < -0.3 is 10.5 Å². The van der Waals surface area contributed by atoms with Crippen LogP contribution >= 0.6 is 11.6 Å². The standard InChI is InChI=1S/C17H20ClNO/c1-11-8-9-14(17(20-3)12(11)2)16(19)10-13-6-4-5-7-15(13)18/h4-9,16H,10,19H2,1-3H3. The number of hydrogen-bond donors (Lipinski definition) is 1. The molecule has 0 heterocycles. The maximum Gasteiger partial charge on any atom is 0.126 e. The van der Waals surface area contributed by atoms with E-state index in [9.17, 15) is 0 Å². The summed E-state index contributed by atoms with van der Waals surface area (Å²) in [4.78, 5) is 0. The van der Waals surface area contributed by atoms with Crippen molar-refractivity contribution >= 4 is 11.6 Å². The Kier molecular flexibility index (Phi) is 4.69. The molecule has 0 amide bonds. The van der Waals surface area contributed by atoms with Gasteiger partial charge in [0.25, 0.3) is 0 Å².